The van der Waals surface area contributed by atoms with E-state index in [-0.39, 0.29) is 0 Å². The minimum atomic E-state index is 1.09. The lowest BCUT2D eigenvalue weighted by Crippen LogP contribution is -2.49. The van der Waals surface area contributed by atoms with E-state index in [1.54, 1.807) is 0 Å². The van der Waals surface area contributed by atoms with E-state index in [1.807, 2.05) is 0 Å². The van der Waals surface area contributed by atoms with Gasteiger partial charge >= 0.3 is 0 Å². The lowest BCUT2D eigenvalue weighted by Gasteiger charge is -2.24. The Kier molecular flexibility index (Phi) is 14.8. The van der Waals surface area contributed by atoms with Gasteiger partial charge in [-0.2, -0.15) is 5.12 Å². The van der Waals surface area contributed by atoms with Gasteiger partial charge in [0.15, 0.2) is 0 Å². The zero-order valence-corrected chi connectivity index (χ0v) is 12.9. The molecule has 0 aromatic heterocycles. The summed E-state index contributed by atoms with van der Waals surface area (Å²) in [6, 6.07) is 0. The van der Waals surface area contributed by atoms with Crippen LogP contribution in [0.25, 0.3) is 0 Å². The minimum absolute atomic E-state index is 1.09. The molecule has 0 unspecified atom stereocenters. The van der Waals surface area contributed by atoms with Crippen LogP contribution in [0.4, 0.5) is 0 Å². The molecule has 0 fully saturated rings. The third-order valence-corrected chi connectivity index (χ3v) is 3.15. The van der Waals surface area contributed by atoms with E-state index < -0.39 is 0 Å². The van der Waals surface area contributed by atoms with Crippen LogP contribution in [-0.2, 0) is 0 Å². The van der Waals surface area contributed by atoms with Gasteiger partial charge < -0.3 is 0 Å². The summed E-state index contributed by atoms with van der Waals surface area (Å²) in [5.74, 6) is 0. The zero-order valence-electron chi connectivity index (χ0n) is 12.9. The van der Waals surface area contributed by atoms with Gasteiger partial charge in [0, 0.05) is 19.6 Å². The Morgan fingerprint density at radius 1 is 0.611 bits per heavy atom. The lowest BCUT2D eigenvalue weighted by atomic mass is 10.2. The predicted molar refractivity (Wildman–Crippen MR) is 81.3 cm³/mol. The molecule has 0 aromatic carbocycles. The van der Waals surface area contributed by atoms with Crippen molar-refractivity contribution < 1.29 is 0 Å². The number of hydrogen-bond acceptors (Lipinski definition) is 3. The molecule has 3 nitrogen and oxygen atoms in total. The standard InChI is InChI=1S/C15H35N3/c1-4-7-10-12-15-18(16-13-9-6-3)17-14-11-8-5-2/h16-17H,4-15H2,1-3H3. The van der Waals surface area contributed by atoms with Gasteiger partial charge in [0.25, 0.3) is 0 Å². The van der Waals surface area contributed by atoms with Crippen molar-refractivity contribution in [3.8, 4) is 0 Å². The minimum Gasteiger partial charge on any atom is -0.242 e. The maximum Gasteiger partial charge on any atom is 0.0288 e. The van der Waals surface area contributed by atoms with Crippen LogP contribution in [0.1, 0.15) is 78.6 Å². The fourth-order valence-corrected chi connectivity index (χ4v) is 1.89. The lowest BCUT2D eigenvalue weighted by molar-refractivity contribution is 0.109. The van der Waals surface area contributed by atoms with Gasteiger partial charge in [0.05, 0.1) is 0 Å². The molecule has 0 heterocycles. The normalized spacial score (nSPS) is 11.3. The van der Waals surface area contributed by atoms with Crippen molar-refractivity contribution >= 4 is 0 Å². The van der Waals surface area contributed by atoms with Gasteiger partial charge in [-0.15, -0.1) is 0 Å². The summed E-state index contributed by atoms with van der Waals surface area (Å²) < 4.78 is 0. The number of nitrogens with zero attached hydrogens (tertiary/aromatic N) is 1. The molecule has 0 bridgehead atoms. The molecule has 0 saturated heterocycles. The average molecular weight is 257 g/mol. The monoisotopic (exact) mass is 257 g/mol. The van der Waals surface area contributed by atoms with Crippen molar-refractivity contribution in [1.29, 1.82) is 0 Å². The molecule has 2 N–H and O–H groups in total. The molecular weight excluding hydrogens is 222 g/mol. The molecule has 0 aliphatic rings. The molecule has 3 heteroatoms. The summed E-state index contributed by atoms with van der Waals surface area (Å²) in [7, 11) is 0. The van der Waals surface area contributed by atoms with E-state index in [0.29, 0.717) is 0 Å². The highest BCUT2D eigenvalue weighted by Crippen LogP contribution is 1.99. The van der Waals surface area contributed by atoms with Crippen LogP contribution in [0, 0.1) is 0 Å². The van der Waals surface area contributed by atoms with Gasteiger partial charge in [0.1, 0.15) is 0 Å². The summed E-state index contributed by atoms with van der Waals surface area (Å²) in [5.41, 5.74) is 7.01. The first-order chi connectivity index (χ1) is 8.85. The molecule has 0 atom stereocenters. The topological polar surface area (TPSA) is 27.3 Å². The molecule has 110 valence electrons. The van der Waals surface area contributed by atoms with Gasteiger partial charge in [0.2, 0.25) is 0 Å². The Morgan fingerprint density at radius 2 is 1.17 bits per heavy atom. The third-order valence-electron chi connectivity index (χ3n) is 3.15. The van der Waals surface area contributed by atoms with Crippen molar-refractivity contribution in [2.24, 2.45) is 0 Å². The van der Waals surface area contributed by atoms with Gasteiger partial charge in [-0.05, 0) is 19.3 Å². The quantitative estimate of drug-likeness (QED) is 0.365. The maximum atomic E-state index is 3.51. The summed E-state index contributed by atoms with van der Waals surface area (Å²) in [6.07, 6.45) is 11.7. The van der Waals surface area contributed by atoms with Crippen LogP contribution in [-0.4, -0.2) is 24.8 Å². The highest BCUT2D eigenvalue weighted by molar-refractivity contribution is 4.51. The van der Waals surface area contributed by atoms with Crippen LogP contribution in [0.2, 0.25) is 0 Å². The first-order valence-corrected chi connectivity index (χ1v) is 8.09. The third kappa shape index (κ3) is 12.3. The Bertz CT molecular complexity index is 139. The van der Waals surface area contributed by atoms with Crippen LogP contribution >= 0.6 is 0 Å². The van der Waals surface area contributed by atoms with E-state index in [4.69, 9.17) is 0 Å². The first-order valence-electron chi connectivity index (χ1n) is 8.09. The molecule has 0 aliphatic carbocycles. The maximum absolute atomic E-state index is 3.51. The number of rotatable bonds is 14. The second-order valence-corrected chi connectivity index (χ2v) is 5.09. The van der Waals surface area contributed by atoms with Crippen molar-refractivity contribution in [1.82, 2.24) is 16.0 Å². The number of unbranched alkanes of at least 4 members (excludes halogenated alkanes) is 6. The molecule has 0 radical (unpaired) electrons. The van der Waals surface area contributed by atoms with Gasteiger partial charge in [-0.25, -0.2) is 10.9 Å². The van der Waals surface area contributed by atoms with Crippen LogP contribution in [0.3, 0.4) is 0 Å². The van der Waals surface area contributed by atoms with Gasteiger partial charge in [-0.1, -0.05) is 59.3 Å². The van der Waals surface area contributed by atoms with Gasteiger partial charge in [-0.3, -0.25) is 0 Å². The molecule has 0 aromatic rings. The van der Waals surface area contributed by atoms with E-state index in [2.05, 4.69) is 36.7 Å². The van der Waals surface area contributed by atoms with E-state index >= 15 is 0 Å². The molecule has 0 amide bonds. The molecule has 0 aliphatic heterocycles. The molecular formula is C15H35N3. The van der Waals surface area contributed by atoms with E-state index in [0.717, 1.165) is 19.6 Å². The van der Waals surface area contributed by atoms with E-state index in [1.165, 1.54) is 57.8 Å². The highest BCUT2D eigenvalue weighted by Gasteiger charge is 2.02. The van der Waals surface area contributed by atoms with Crippen LogP contribution in [0.15, 0.2) is 0 Å². The smallest absolute Gasteiger partial charge is 0.0288 e. The summed E-state index contributed by atoms with van der Waals surface area (Å²) in [4.78, 5) is 0. The fraction of sp³-hybridized carbons (Fsp3) is 1.00. The van der Waals surface area contributed by atoms with Crippen LogP contribution < -0.4 is 10.9 Å². The van der Waals surface area contributed by atoms with Crippen molar-refractivity contribution in [2.45, 2.75) is 78.6 Å². The summed E-state index contributed by atoms with van der Waals surface area (Å²) in [5, 5.41) is 2.22. The fourth-order valence-electron chi connectivity index (χ4n) is 1.89. The summed E-state index contributed by atoms with van der Waals surface area (Å²) in [6.45, 7) is 10.1. The average Bonchev–Trinajstić information content (AvgIpc) is 2.39. The van der Waals surface area contributed by atoms with Crippen molar-refractivity contribution in [3.05, 3.63) is 0 Å². The number of nitrogens with one attached hydrogen (secondary N) is 2. The Morgan fingerprint density at radius 3 is 1.78 bits per heavy atom. The molecule has 0 spiro atoms. The van der Waals surface area contributed by atoms with Crippen LogP contribution in [0.5, 0.6) is 0 Å². The van der Waals surface area contributed by atoms with Crippen molar-refractivity contribution in [3.63, 3.8) is 0 Å². The summed E-state index contributed by atoms with van der Waals surface area (Å²) >= 11 is 0. The molecule has 18 heavy (non-hydrogen) atoms. The van der Waals surface area contributed by atoms with Crippen molar-refractivity contribution in [2.75, 3.05) is 19.6 Å². The first kappa shape index (κ1) is 17.9. The Hall–Kier alpha value is -0.120. The molecule has 0 saturated carbocycles. The second-order valence-electron chi connectivity index (χ2n) is 5.09. The SMILES string of the molecule is CCCCCCN(NCCCC)NCCCCC. The largest absolute Gasteiger partial charge is 0.242 e. The van der Waals surface area contributed by atoms with E-state index in [9.17, 15) is 0 Å². The Balaban J connectivity index is 3.62. The highest BCUT2D eigenvalue weighted by atomic mass is 15.7. The number of hydrogen-bond donors (Lipinski definition) is 2. The predicted octanol–water partition coefficient (Wildman–Crippen LogP) is 3.87. The number of hydrazine groups is 2. The Labute approximate surface area is 115 Å². The molecule has 0 rings (SSSR count). The second kappa shape index (κ2) is 14.9. The zero-order chi connectivity index (χ0) is 13.5.